The Bertz CT molecular complexity index is 522. The number of methoxy groups -OCH3 is 1. The minimum Gasteiger partial charge on any atom is -0.497 e. The summed E-state index contributed by atoms with van der Waals surface area (Å²) in [5.41, 5.74) is 6.49. The lowest BCUT2D eigenvalue weighted by atomic mass is 10.1. The van der Waals surface area contributed by atoms with Crippen LogP contribution in [0.1, 0.15) is 10.4 Å². The summed E-state index contributed by atoms with van der Waals surface area (Å²) < 4.78 is 5.01. The predicted octanol–water partition coefficient (Wildman–Crippen LogP) is 1.25. The number of H-pyrrole nitrogens is 1. The van der Waals surface area contributed by atoms with Crippen LogP contribution in [0.25, 0.3) is 0 Å². The molecule has 1 aromatic heterocycles. The zero-order valence-electron chi connectivity index (χ0n) is 9.23. The minimum atomic E-state index is -0.319. The van der Waals surface area contributed by atoms with Gasteiger partial charge < -0.3 is 15.5 Å². The number of rotatable bonds is 3. The Hall–Kier alpha value is -2.50. The second-order valence-corrected chi connectivity index (χ2v) is 3.35. The molecule has 1 aromatic carbocycles. The third-order valence-corrected chi connectivity index (χ3v) is 2.23. The number of amides is 1. The number of hydrogen-bond donors (Lipinski definition) is 3. The molecule has 0 fully saturated rings. The summed E-state index contributed by atoms with van der Waals surface area (Å²) in [4.78, 5) is 18.5. The summed E-state index contributed by atoms with van der Waals surface area (Å²) in [6.07, 6.45) is 3.17. The second kappa shape index (κ2) is 4.56. The van der Waals surface area contributed by atoms with Crippen molar-refractivity contribution in [3.8, 4) is 5.75 Å². The quantitative estimate of drug-likeness (QED) is 0.694. The van der Waals surface area contributed by atoms with Crippen LogP contribution in [0.2, 0.25) is 0 Å². The van der Waals surface area contributed by atoms with Gasteiger partial charge in [0.25, 0.3) is 5.91 Å². The predicted molar refractivity (Wildman–Crippen MR) is 63.9 cm³/mol. The molecule has 88 valence electrons. The summed E-state index contributed by atoms with van der Waals surface area (Å²) in [5.74, 6) is 0.669. The van der Waals surface area contributed by atoms with E-state index >= 15 is 0 Å². The first-order valence-corrected chi connectivity index (χ1v) is 4.95. The molecule has 6 nitrogen and oxygen atoms in total. The van der Waals surface area contributed by atoms with E-state index in [9.17, 15) is 4.79 Å². The van der Waals surface area contributed by atoms with Crippen LogP contribution in [-0.2, 0) is 0 Å². The number of carbonyl (C=O) groups excluding carboxylic acids is 1. The Morgan fingerprint density at radius 1 is 1.53 bits per heavy atom. The molecule has 0 saturated heterocycles. The summed E-state index contributed by atoms with van der Waals surface area (Å²) in [6.45, 7) is 0. The number of nitrogens with zero attached hydrogens (tertiary/aromatic N) is 1. The molecule has 0 unspecified atom stereocenters. The number of carbonyl (C=O) groups is 1. The van der Waals surface area contributed by atoms with Gasteiger partial charge in [-0.1, -0.05) is 0 Å². The van der Waals surface area contributed by atoms with Crippen molar-refractivity contribution in [1.29, 1.82) is 0 Å². The molecule has 4 N–H and O–H groups in total. The van der Waals surface area contributed by atoms with Gasteiger partial charge in [0.1, 0.15) is 5.75 Å². The van der Waals surface area contributed by atoms with Crippen molar-refractivity contribution in [2.45, 2.75) is 0 Å². The molecule has 0 aliphatic carbocycles. The zero-order valence-corrected chi connectivity index (χ0v) is 9.23. The maximum Gasteiger partial charge on any atom is 0.260 e. The molecule has 0 aliphatic rings. The van der Waals surface area contributed by atoms with Gasteiger partial charge in [-0.15, -0.1) is 0 Å². The van der Waals surface area contributed by atoms with E-state index in [4.69, 9.17) is 10.5 Å². The molecule has 0 bridgehead atoms. The van der Waals surface area contributed by atoms with E-state index in [-0.39, 0.29) is 5.91 Å². The largest absolute Gasteiger partial charge is 0.497 e. The van der Waals surface area contributed by atoms with Gasteiger partial charge in [-0.3, -0.25) is 10.1 Å². The average Bonchev–Trinajstić information content (AvgIpc) is 2.81. The van der Waals surface area contributed by atoms with Crippen LogP contribution >= 0.6 is 0 Å². The lowest BCUT2D eigenvalue weighted by molar-refractivity contribution is 0.102. The van der Waals surface area contributed by atoms with Crippen LogP contribution in [0.5, 0.6) is 5.75 Å². The second-order valence-electron chi connectivity index (χ2n) is 3.35. The summed E-state index contributed by atoms with van der Waals surface area (Å²) >= 11 is 0. The number of benzene rings is 1. The Labute approximate surface area is 97.8 Å². The molecule has 17 heavy (non-hydrogen) atoms. The van der Waals surface area contributed by atoms with Crippen molar-refractivity contribution >= 4 is 17.5 Å². The molecule has 0 atom stereocenters. The van der Waals surface area contributed by atoms with E-state index in [1.165, 1.54) is 7.11 Å². The zero-order chi connectivity index (χ0) is 12.3. The van der Waals surface area contributed by atoms with Crippen LogP contribution in [-0.4, -0.2) is 23.0 Å². The van der Waals surface area contributed by atoms with Crippen LogP contribution in [0.4, 0.5) is 11.6 Å². The van der Waals surface area contributed by atoms with E-state index in [0.717, 1.165) is 0 Å². The van der Waals surface area contributed by atoms with Gasteiger partial charge in [-0.05, 0) is 12.1 Å². The van der Waals surface area contributed by atoms with Crippen LogP contribution < -0.4 is 15.8 Å². The first kappa shape index (κ1) is 11.0. The molecular weight excluding hydrogens is 220 g/mol. The van der Waals surface area contributed by atoms with E-state index in [1.807, 2.05) is 0 Å². The standard InChI is InChI=1S/C11H12N4O2/c1-17-7-2-3-8(9(12)6-7)10(16)15-11-13-4-5-14-11/h2-6H,12H2,1H3,(H2,13,14,15,16). The highest BCUT2D eigenvalue weighted by Gasteiger charge is 2.11. The molecule has 0 spiro atoms. The Kier molecular flexibility index (Phi) is 2.95. The summed E-state index contributed by atoms with van der Waals surface area (Å²) in [6, 6.07) is 4.87. The molecular formula is C11H12N4O2. The van der Waals surface area contributed by atoms with E-state index < -0.39 is 0 Å². The van der Waals surface area contributed by atoms with Crippen molar-refractivity contribution in [3.05, 3.63) is 36.2 Å². The highest BCUT2D eigenvalue weighted by atomic mass is 16.5. The third kappa shape index (κ3) is 2.36. The van der Waals surface area contributed by atoms with Crippen molar-refractivity contribution in [2.75, 3.05) is 18.2 Å². The topological polar surface area (TPSA) is 93.0 Å². The fraction of sp³-hybridized carbons (Fsp3) is 0.0909. The van der Waals surface area contributed by atoms with E-state index in [2.05, 4.69) is 15.3 Å². The Balaban J connectivity index is 2.19. The number of ether oxygens (including phenoxy) is 1. The fourth-order valence-electron chi connectivity index (χ4n) is 1.38. The highest BCUT2D eigenvalue weighted by Crippen LogP contribution is 2.20. The maximum atomic E-state index is 11.8. The van der Waals surface area contributed by atoms with Crippen LogP contribution in [0, 0.1) is 0 Å². The molecule has 1 heterocycles. The molecule has 2 aromatic rings. The smallest absolute Gasteiger partial charge is 0.260 e. The van der Waals surface area contributed by atoms with Crippen LogP contribution in [0.3, 0.4) is 0 Å². The van der Waals surface area contributed by atoms with Gasteiger partial charge >= 0.3 is 0 Å². The normalized spacial score (nSPS) is 9.94. The van der Waals surface area contributed by atoms with Gasteiger partial charge in [0.05, 0.1) is 12.7 Å². The summed E-state index contributed by atoms with van der Waals surface area (Å²) in [5, 5.41) is 2.59. The maximum absolute atomic E-state index is 11.8. The van der Waals surface area contributed by atoms with Crippen molar-refractivity contribution < 1.29 is 9.53 Å². The number of aromatic nitrogens is 2. The molecule has 2 rings (SSSR count). The number of aromatic amines is 1. The molecule has 0 saturated carbocycles. The van der Waals surface area contributed by atoms with Gasteiger partial charge in [0, 0.05) is 24.1 Å². The average molecular weight is 232 g/mol. The Morgan fingerprint density at radius 3 is 2.94 bits per heavy atom. The van der Waals surface area contributed by atoms with Crippen molar-refractivity contribution in [2.24, 2.45) is 0 Å². The van der Waals surface area contributed by atoms with E-state index in [1.54, 1.807) is 30.6 Å². The number of anilines is 2. The lowest BCUT2D eigenvalue weighted by Gasteiger charge is -2.07. The number of nitrogens with two attached hydrogens (primary N) is 1. The Morgan fingerprint density at radius 2 is 2.35 bits per heavy atom. The first-order chi connectivity index (χ1) is 8.20. The SMILES string of the molecule is COc1ccc(C(=O)Nc2ncc[nH]2)c(N)c1. The number of imidazole rings is 1. The molecule has 1 amide bonds. The number of nitrogen functional groups attached to an aromatic ring is 1. The minimum absolute atomic E-state index is 0.319. The molecule has 6 heteroatoms. The lowest BCUT2D eigenvalue weighted by Crippen LogP contribution is -2.14. The first-order valence-electron chi connectivity index (χ1n) is 4.95. The van der Waals surface area contributed by atoms with Crippen molar-refractivity contribution in [1.82, 2.24) is 9.97 Å². The van der Waals surface area contributed by atoms with E-state index in [0.29, 0.717) is 22.9 Å². The number of nitrogens with one attached hydrogen (secondary N) is 2. The third-order valence-electron chi connectivity index (χ3n) is 2.23. The highest BCUT2D eigenvalue weighted by molar-refractivity contribution is 6.07. The van der Waals surface area contributed by atoms with Gasteiger partial charge in [0.15, 0.2) is 0 Å². The van der Waals surface area contributed by atoms with Crippen molar-refractivity contribution in [3.63, 3.8) is 0 Å². The van der Waals surface area contributed by atoms with Gasteiger partial charge in [0.2, 0.25) is 5.95 Å². The molecule has 0 aliphatic heterocycles. The monoisotopic (exact) mass is 232 g/mol. The number of hydrogen-bond acceptors (Lipinski definition) is 4. The fourth-order valence-corrected chi connectivity index (χ4v) is 1.38. The van der Waals surface area contributed by atoms with Gasteiger partial charge in [-0.25, -0.2) is 4.98 Å². The van der Waals surface area contributed by atoms with Crippen LogP contribution in [0.15, 0.2) is 30.6 Å². The van der Waals surface area contributed by atoms with Gasteiger partial charge in [-0.2, -0.15) is 0 Å². The summed E-state index contributed by atoms with van der Waals surface area (Å²) in [7, 11) is 1.54. The molecule has 0 radical (unpaired) electrons.